The van der Waals surface area contributed by atoms with Gasteiger partial charge in [-0.3, -0.25) is 4.79 Å². The number of nitrogens with one attached hydrogen (secondary N) is 1. The van der Waals surface area contributed by atoms with Gasteiger partial charge in [-0.2, -0.15) is 18.3 Å². The average Bonchev–Trinajstić information content (AvgIpc) is 3.16. The maximum absolute atomic E-state index is 13.2. The van der Waals surface area contributed by atoms with E-state index in [0.717, 1.165) is 11.9 Å². The van der Waals surface area contributed by atoms with Gasteiger partial charge in [-0.15, -0.1) is 0 Å². The van der Waals surface area contributed by atoms with Crippen molar-refractivity contribution in [3.63, 3.8) is 0 Å². The second-order valence-corrected chi connectivity index (χ2v) is 8.24. The van der Waals surface area contributed by atoms with E-state index in [1.165, 1.54) is 6.20 Å². The van der Waals surface area contributed by atoms with Crippen molar-refractivity contribution in [2.75, 3.05) is 5.32 Å². The number of anilines is 1. The molecule has 0 spiro atoms. The molecule has 3 heterocycles. The summed E-state index contributed by atoms with van der Waals surface area (Å²) in [5.41, 5.74) is -1.50. The number of hydrogen-bond donors (Lipinski definition) is 2. The van der Waals surface area contributed by atoms with Gasteiger partial charge in [-0.05, 0) is 12.5 Å². The van der Waals surface area contributed by atoms with Gasteiger partial charge < -0.3 is 10.4 Å². The number of nitrogens with zero attached hydrogens (tertiary/aromatic N) is 4. The second kappa shape index (κ2) is 6.91. The Balaban J connectivity index is 1.70. The number of rotatable bonds is 3. The molecule has 1 atom stereocenters. The highest BCUT2D eigenvalue weighted by Crippen LogP contribution is 2.46. The Morgan fingerprint density at radius 2 is 1.97 bits per heavy atom. The molecule has 3 aromatic rings. The van der Waals surface area contributed by atoms with Gasteiger partial charge in [0, 0.05) is 23.2 Å². The molecule has 0 saturated heterocycles. The summed E-state index contributed by atoms with van der Waals surface area (Å²) in [4.78, 5) is 31.7. The highest BCUT2D eigenvalue weighted by molar-refractivity contribution is 6.29. The molecule has 1 aliphatic rings. The predicted molar refractivity (Wildman–Crippen MR) is 103 cm³/mol. The Hall–Kier alpha value is -3.21. The smallest absolute Gasteiger partial charge is 0.418 e. The summed E-state index contributed by atoms with van der Waals surface area (Å²) in [7, 11) is 0. The van der Waals surface area contributed by atoms with E-state index in [1.54, 1.807) is 10.6 Å². The van der Waals surface area contributed by atoms with Crippen LogP contribution in [0.4, 0.5) is 18.9 Å². The van der Waals surface area contributed by atoms with Crippen LogP contribution in [0.2, 0.25) is 5.15 Å². The molecule has 12 heteroatoms. The monoisotopic (exact) mass is 453 g/mol. The summed E-state index contributed by atoms with van der Waals surface area (Å²) in [6.45, 7) is 3.83. The molecule has 31 heavy (non-hydrogen) atoms. The molecule has 0 bridgehead atoms. The number of pyridine rings is 1. The molecule has 162 valence electrons. The van der Waals surface area contributed by atoms with Crippen LogP contribution in [0.5, 0.6) is 0 Å². The first-order valence-electron chi connectivity index (χ1n) is 9.04. The van der Waals surface area contributed by atoms with Gasteiger partial charge in [0.1, 0.15) is 0 Å². The number of fused-ring (bicyclic) bond motifs is 3. The third-order valence-electron chi connectivity index (χ3n) is 5.19. The molecule has 0 aromatic carbocycles. The largest absolute Gasteiger partial charge is 0.476 e. The van der Waals surface area contributed by atoms with Gasteiger partial charge in [0.2, 0.25) is 5.91 Å². The highest BCUT2D eigenvalue weighted by Gasteiger charge is 2.43. The maximum atomic E-state index is 13.2. The minimum absolute atomic E-state index is 0.244. The van der Waals surface area contributed by atoms with Gasteiger partial charge >= 0.3 is 12.1 Å². The van der Waals surface area contributed by atoms with Gasteiger partial charge in [-0.25, -0.2) is 19.3 Å². The molecule has 8 nitrogen and oxygen atoms in total. The molecule has 0 saturated carbocycles. The number of aromatic nitrogens is 4. The van der Waals surface area contributed by atoms with E-state index < -0.39 is 40.6 Å². The van der Waals surface area contributed by atoms with Crippen molar-refractivity contribution >= 4 is 34.8 Å². The second-order valence-electron chi connectivity index (χ2n) is 7.85. The molecular formula is C19H15ClF3N5O3. The molecule has 4 rings (SSSR count). The maximum Gasteiger partial charge on any atom is 0.418 e. The van der Waals surface area contributed by atoms with Crippen LogP contribution in [0, 0.1) is 0 Å². The summed E-state index contributed by atoms with van der Waals surface area (Å²) >= 11 is 5.98. The minimum atomic E-state index is -4.95. The zero-order valence-corrected chi connectivity index (χ0v) is 16.9. The van der Waals surface area contributed by atoms with E-state index in [-0.39, 0.29) is 10.8 Å². The van der Waals surface area contributed by atoms with Crippen molar-refractivity contribution in [2.45, 2.75) is 37.8 Å². The fourth-order valence-electron chi connectivity index (χ4n) is 3.95. The van der Waals surface area contributed by atoms with E-state index >= 15 is 0 Å². The van der Waals surface area contributed by atoms with Crippen LogP contribution in [0.1, 0.15) is 53.5 Å². The predicted octanol–water partition coefficient (Wildman–Crippen LogP) is 3.90. The molecule has 0 fully saturated rings. The Morgan fingerprint density at radius 3 is 2.61 bits per heavy atom. The summed E-state index contributed by atoms with van der Waals surface area (Å²) in [5.74, 6) is -3.09. The SMILES string of the molecule is CC1(C)CC(C(=O)Nc2cnc(C(=O)O)c(C(F)(F)F)c2)c2cnc3cc(Cl)nn3c21. The van der Waals surface area contributed by atoms with Crippen LogP contribution in [0.25, 0.3) is 5.65 Å². The molecule has 0 radical (unpaired) electrons. The van der Waals surface area contributed by atoms with Crippen molar-refractivity contribution in [3.8, 4) is 0 Å². The fourth-order valence-corrected chi connectivity index (χ4v) is 4.12. The molecular weight excluding hydrogens is 439 g/mol. The van der Waals surface area contributed by atoms with Crippen LogP contribution < -0.4 is 5.32 Å². The lowest BCUT2D eigenvalue weighted by Gasteiger charge is -2.19. The third kappa shape index (κ3) is 3.58. The number of carbonyl (C=O) groups excluding carboxylic acids is 1. The topological polar surface area (TPSA) is 109 Å². The Bertz CT molecular complexity index is 1240. The number of amides is 1. The van der Waals surface area contributed by atoms with E-state index in [0.29, 0.717) is 23.7 Å². The van der Waals surface area contributed by atoms with E-state index in [4.69, 9.17) is 16.7 Å². The normalized spacial score (nSPS) is 17.5. The zero-order chi connectivity index (χ0) is 22.7. The summed E-state index contributed by atoms with van der Waals surface area (Å²) in [6.07, 6.45) is -2.17. The van der Waals surface area contributed by atoms with Crippen LogP contribution in [-0.4, -0.2) is 36.6 Å². The standard InChI is InChI=1S/C19H15ClF3N5O3/c1-18(2)5-9(10-7-24-13-4-12(20)27-28(13)15(10)18)16(29)26-8-3-11(19(21,22)23)14(17(30)31)25-6-8/h3-4,6-7,9H,5H2,1-2H3,(H,26,29)(H,30,31). The summed E-state index contributed by atoms with van der Waals surface area (Å²) < 4.78 is 41.3. The van der Waals surface area contributed by atoms with Gasteiger partial charge in [0.15, 0.2) is 16.5 Å². The first-order valence-corrected chi connectivity index (χ1v) is 9.42. The number of carboxylic acids is 1. The van der Waals surface area contributed by atoms with Crippen molar-refractivity contribution in [2.24, 2.45) is 0 Å². The third-order valence-corrected chi connectivity index (χ3v) is 5.38. The van der Waals surface area contributed by atoms with E-state index in [2.05, 4.69) is 20.4 Å². The Morgan fingerprint density at radius 1 is 1.26 bits per heavy atom. The number of carbonyl (C=O) groups is 2. The van der Waals surface area contributed by atoms with Gasteiger partial charge in [0.05, 0.1) is 29.1 Å². The lowest BCUT2D eigenvalue weighted by atomic mass is 9.88. The number of aromatic carboxylic acids is 1. The van der Waals surface area contributed by atoms with Crippen molar-refractivity contribution in [1.82, 2.24) is 19.6 Å². The van der Waals surface area contributed by atoms with Crippen LogP contribution in [-0.2, 0) is 16.4 Å². The molecule has 1 aliphatic carbocycles. The van der Waals surface area contributed by atoms with Crippen LogP contribution in [0.3, 0.4) is 0 Å². The number of halogens is 4. The summed E-state index contributed by atoms with van der Waals surface area (Å²) in [5, 5.41) is 15.8. The highest BCUT2D eigenvalue weighted by atomic mass is 35.5. The van der Waals surface area contributed by atoms with Crippen LogP contribution >= 0.6 is 11.6 Å². The lowest BCUT2D eigenvalue weighted by Crippen LogP contribution is -2.22. The lowest BCUT2D eigenvalue weighted by molar-refractivity contribution is -0.138. The van der Waals surface area contributed by atoms with Crippen molar-refractivity contribution in [1.29, 1.82) is 0 Å². The Labute approximate surface area is 178 Å². The van der Waals surface area contributed by atoms with E-state index in [9.17, 15) is 22.8 Å². The minimum Gasteiger partial charge on any atom is -0.476 e. The molecule has 2 N–H and O–H groups in total. The molecule has 0 aliphatic heterocycles. The van der Waals surface area contributed by atoms with Crippen LogP contribution in [0.15, 0.2) is 24.5 Å². The first kappa shape index (κ1) is 21.0. The van der Waals surface area contributed by atoms with E-state index in [1.807, 2.05) is 13.8 Å². The molecule has 1 amide bonds. The van der Waals surface area contributed by atoms with Gasteiger partial charge in [-0.1, -0.05) is 25.4 Å². The molecule has 1 unspecified atom stereocenters. The zero-order valence-electron chi connectivity index (χ0n) is 16.2. The first-order chi connectivity index (χ1) is 14.4. The van der Waals surface area contributed by atoms with Crippen molar-refractivity contribution < 1.29 is 27.9 Å². The summed E-state index contributed by atoms with van der Waals surface area (Å²) in [6, 6.07) is 2.14. The Kier molecular flexibility index (Phi) is 4.69. The van der Waals surface area contributed by atoms with Gasteiger partial charge in [0.25, 0.3) is 0 Å². The number of hydrogen-bond acceptors (Lipinski definition) is 5. The average molecular weight is 454 g/mol. The molecule has 3 aromatic heterocycles. The van der Waals surface area contributed by atoms with Crippen molar-refractivity contribution in [3.05, 3.63) is 52.2 Å². The quantitative estimate of drug-likeness (QED) is 0.622. The fraction of sp³-hybridized carbons (Fsp3) is 0.316. The number of carboxylic acid groups (broad SMARTS) is 1. The number of alkyl halides is 3.